The van der Waals surface area contributed by atoms with Crippen molar-refractivity contribution in [3.05, 3.63) is 84.3 Å². The van der Waals surface area contributed by atoms with Crippen molar-refractivity contribution in [1.29, 1.82) is 0 Å². The molecule has 0 saturated carbocycles. The van der Waals surface area contributed by atoms with Gasteiger partial charge in [0, 0.05) is 43.6 Å². The molecule has 2 aromatic heterocycles. The fraction of sp³-hybridized carbons (Fsp3) is 0.310. The lowest BCUT2D eigenvalue weighted by molar-refractivity contribution is -0.148. The van der Waals surface area contributed by atoms with Crippen molar-refractivity contribution < 1.29 is 23.8 Å². The van der Waals surface area contributed by atoms with E-state index < -0.39 is 18.1 Å². The average molecular weight is 545 g/mol. The van der Waals surface area contributed by atoms with Gasteiger partial charge < -0.3 is 24.8 Å². The summed E-state index contributed by atoms with van der Waals surface area (Å²) in [6, 6.07) is 18.7. The summed E-state index contributed by atoms with van der Waals surface area (Å²) in [6.07, 6.45) is 3.40. The van der Waals surface area contributed by atoms with E-state index in [4.69, 9.17) is 14.2 Å². The molecule has 11 heteroatoms. The first kappa shape index (κ1) is 26.9. The molecule has 208 valence electrons. The van der Waals surface area contributed by atoms with E-state index in [-0.39, 0.29) is 12.6 Å². The molecule has 0 aliphatic carbocycles. The van der Waals surface area contributed by atoms with E-state index >= 15 is 0 Å². The second-order valence-electron chi connectivity index (χ2n) is 9.57. The van der Waals surface area contributed by atoms with Gasteiger partial charge in [0.05, 0.1) is 20.1 Å². The minimum Gasteiger partial charge on any atom is -0.497 e. The SMILES string of the molecule is COC(=O)[C@@H]1CN(Cc2ccn3ncnc(Nc4cccc(OC)c4)c23)CC[C@H]1NC(=O)OCc1ccccc1. The van der Waals surface area contributed by atoms with E-state index in [0.29, 0.717) is 31.9 Å². The highest BCUT2D eigenvalue weighted by atomic mass is 16.5. The van der Waals surface area contributed by atoms with Crippen molar-refractivity contribution in [3.63, 3.8) is 0 Å². The second-order valence-corrected chi connectivity index (χ2v) is 9.57. The van der Waals surface area contributed by atoms with Gasteiger partial charge in [-0.15, -0.1) is 0 Å². The number of anilines is 2. The summed E-state index contributed by atoms with van der Waals surface area (Å²) >= 11 is 0. The van der Waals surface area contributed by atoms with Crippen LogP contribution in [0.1, 0.15) is 17.5 Å². The lowest BCUT2D eigenvalue weighted by Gasteiger charge is -2.37. The van der Waals surface area contributed by atoms with Crippen molar-refractivity contribution in [2.45, 2.75) is 25.6 Å². The van der Waals surface area contributed by atoms with Crippen LogP contribution in [-0.4, -0.2) is 64.9 Å². The van der Waals surface area contributed by atoms with Crippen molar-refractivity contribution in [1.82, 2.24) is 24.8 Å². The number of rotatable bonds is 9. The van der Waals surface area contributed by atoms with Crippen LogP contribution in [0.25, 0.3) is 5.52 Å². The molecule has 4 aromatic rings. The zero-order valence-electron chi connectivity index (χ0n) is 22.4. The number of hydrogen-bond donors (Lipinski definition) is 2. The third-order valence-corrected chi connectivity index (χ3v) is 6.98. The topological polar surface area (TPSA) is 119 Å². The van der Waals surface area contributed by atoms with Crippen LogP contribution in [-0.2, 0) is 27.4 Å². The molecule has 1 fully saturated rings. The molecule has 2 atom stereocenters. The monoisotopic (exact) mass is 544 g/mol. The highest BCUT2D eigenvalue weighted by Gasteiger charge is 2.36. The molecule has 40 heavy (non-hydrogen) atoms. The minimum absolute atomic E-state index is 0.157. The highest BCUT2D eigenvalue weighted by molar-refractivity contribution is 5.77. The number of alkyl carbamates (subject to hydrolysis) is 1. The number of piperidine rings is 1. The number of carbonyl (C=O) groups is 2. The summed E-state index contributed by atoms with van der Waals surface area (Å²) in [5.41, 5.74) is 3.57. The number of likely N-dealkylation sites (tertiary alicyclic amines) is 1. The van der Waals surface area contributed by atoms with Crippen molar-refractivity contribution >= 4 is 29.1 Å². The van der Waals surface area contributed by atoms with E-state index in [1.54, 1.807) is 11.6 Å². The van der Waals surface area contributed by atoms with Crippen molar-refractivity contribution in [2.24, 2.45) is 5.92 Å². The molecule has 3 heterocycles. The predicted molar refractivity (Wildman–Crippen MR) is 148 cm³/mol. The summed E-state index contributed by atoms with van der Waals surface area (Å²) in [5, 5.41) is 10.6. The van der Waals surface area contributed by atoms with E-state index in [1.807, 2.05) is 66.9 Å². The zero-order valence-corrected chi connectivity index (χ0v) is 22.4. The number of nitrogens with one attached hydrogen (secondary N) is 2. The van der Waals surface area contributed by atoms with Crippen LogP contribution in [0.15, 0.2) is 73.2 Å². The number of methoxy groups -OCH3 is 2. The summed E-state index contributed by atoms with van der Waals surface area (Å²) < 4.78 is 17.6. The molecular weight excluding hydrogens is 512 g/mol. The number of nitrogens with zero attached hydrogens (tertiary/aromatic N) is 4. The Kier molecular flexibility index (Phi) is 8.41. The zero-order chi connectivity index (χ0) is 27.9. The number of carbonyl (C=O) groups excluding carboxylic acids is 2. The molecule has 0 radical (unpaired) electrons. The van der Waals surface area contributed by atoms with Crippen LogP contribution in [0.5, 0.6) is 5.75 Å². The number of ether oxygens (including phenoxy) is 3. The molecular formula is C29H32N6O5. The summed E-state index contributed by atoms with van der Waals surface area (Å²) in [6.45, 7) is 1.81. The fourth-order valence-corrected chi connectivity index (χ4v) is 4.96. The average Bonchev–Trinajstić information content (AvgIpc) is 3.40. The Balaban J connectivity index is 1.27. The molecule has 0 bridgehead atoms. The van der Waals surface area contributed by atoms with Gasteiger partial charge in [0.2, 0.25) is 0 Å². The molecule has 2 N–H and O–H groups in total. The normalized spacial score (nSPS) is 17.2. The molecule has 5 rings (SSSR count). The third kappa shape index (κ3) is 6.32. The summed E-state index contributed by atoms with van der Waals surface area (Å²) in [5.74, 6) is 0.483. The fourth-order valence-electron chi connectivity index (χ4n) is 4.96. The molecule has 11 nitrogen and oxygen atoms in total. The predicted octanol–water partition coefficient (Wildman–Crippen LogP) is 3.77. The van der Waals surface area contributed by atoms with Gasteiger partial charge >= 0.3 is 12.1 Å². The standard InChI is InChI=1S/C29H32N6O5/c1-38-23-10-6-9-22(15-23)32-27-26-21(11-14-35(26)31-19-30-27)16-34-13-12-25(24(17-34)28(36)39-2)33-29(37)40-18-20-7-4-3-5-8-20/h3-11,14-15,19,24-25H,12-13,16-18H2,1-2H3,(H,33,37)(H,30,31,32)/t24-,25-/m1/s1. The molecule has 1 amide bonds. The Labute approximate surface area is 232 Å². The lowest BCUT2D eigenvalue weighted by atomic mass is 9.92. The van der Waals surface area contributed by atoms with Crippen LogP contribution < -0.4 is 15.4 Å². The van der Waals surface area contributed by atoms with E-state index in [2.05, 4.69) is 25.6 Å². The maximum Gasteiger partial charge on any atom is 0.407 e. The number of benzene rings is 2. The molecule has 2 aromatic carbocycles. The first-order valence-electron chi connectivity index (χ1n) is 13.0. The van der Waals surface area contributed by atoms with Gasteiger partial charge in [-0.3, -0.25) is 9.69 Å². The number of aromatic nitrogens is 3. The van der Waals surface area contributed by atoms with E-state index in [9.17, 15) is 9.59 Å². The molecule has 1 aliphatic rings. The van der Waals surface area contributed by atoms with Crippen LogP contribution in [0.2, 0.25) is 0 Å². The molecule has 0 unspecified atom stereocenters. The number of esters is 1. The van der Waals surface area contributed by atoms with Gasteiger partial charge in [-0.2, -0.15) is 5.10 Å². The van der Waals surface area contributed by atoms with Gasteiger partial charge in [0.25, 0.3) is 0 Å². The largest absolute Gasteiger partial charge is 0.497 e. The maximum atomic E-state index is 12.7. The molecule has 1 aliphatic heterocycles. The van der Waals surface area contributed by atoms with E-state index in [0.717, 1.165) is 28.1 Å². The van der Waals surface area contributed by atoms with Gasteiger partial charge in [0.1, 0.15) is 24.2 Å². The van der Waals surface area contributed by atoms with Crippen LogP contribution in [0.3, 0.4) is 0 Å². The molecule has 1 saturated heterocycles. The third-order valence-electron chi connectivity index (χ3n) is 6.98. The first-order chi connectivity index (χ1) is 19.5. The van der Waals surface area contributed by atoms with Gasteiger partial charge in [-0.25, -0.2) is 14.3 Å². The van der Waals surface area contributed by atoms with E-state index in [1.165, 1.54) is 13.4 Å². The second kappa shape index (κ2) is 12.5. The minimum atomic E-state index is -0.556. The summed E-state index contributed by atoms with van der Waals surface area (Å²) in [7, 11) is 2.99. The Morgan fingerprint density at radius 3 is 2.73 bits per heavy atom. The van der Waals surface area contributed by atoms with Crippen LogP contribution in [0.4, 0.5) is 16.3 Å². The number of hydrogen-bond acceptors (Lipinski definition) is 9. The highest BCUT2D eigenvalue weighted by Crippen LogP contribution is 2.27. The first-order valence-corrected chi connectivity index (χ1v) is 13.0. The van der Waals surface area contributed by atoms with Gasteiger partial charge in [-0.1, -0.05) is 36.4 Å². The quantitative estimate of drug-likeness (QED) is 0.304. The summed E-state index contributed by atoms with van der Waals surface area (Å²) in [4.78, 5) is 31.9. The number of fused-ring (bicyclic) bond motifs is 1. The Bertz CT molecular complexity index is 1460. The Hall–Kier alpha value is -4.64. The van der Waals surface area contributed by atoms with Gasteiger partial charge in [0.15, 0.2) is 5.82 Å². The Morgan fingerprint density at radius 1 is 1.07 bits per heavy atom. The Morgan fingerprint density at radius 2 is 1.93 bits per heavy atom. The van der Waals surface area contributed by atoms with Crippen molar-refractivity contribution in [3.8, 4) is 5.75 Å². The maximum absolute atomic E-state index is 12.7. The van der Waals surface area contributed by atoms with Crippen LogP contribution >= 0.6 is 0 Å². The smallest absolute Gasteiger partial charge is 0.407 e. The number of amides is 1. The van der Waals surface area contributed by atoms with Crippen LogP contribution in [0, 0.1) is 5.92 Å². The van der Waals surface area contributed by atoms with Crippen molar-refractivity contribution in [2.75, 3.05) is 32.6 Å². The lowest BCUT2D eigenvalue weighted by Crippen LogP contribution is -2.53. The molecule has 0 spiro atoms. The van der Waals surface area contributed by atoms with Gasteiger partial charge in [-0.05, 0) is 35.7 Å².